The zero-order chi connectivity index (χ0) is 31.9. The summed E-state index contributed by atoms with van der Waals surface area (Å²) in [5.41, 5.74) is 4.99. The summed E-state index contributed by atoms with van der Waals surface area (Å²) in [7, 11) is 3.59. The summed E-state index contributed by atoms with van der Waals surface area (Å²) in [5, 5.41) is 17.4. The van der Waals surface area contributed by atoms with Crippen LogP contribution in [0.4, 0.5) is 11.6 Å². The average molecular weight is 626 g/mol. The highest BCUT2D eigenvalue weighted by atomic mass is 16.5. The minimum Gasteiger partial charge on any atom is -0.495 e. The quantitative estimate of drug-likeness (QED) is 0.172. The Balaban J connectivity index is 1.23. The maximum Gasteiger partial charge on any atom is 0.251 e. The smallest absolute Gasteiger partial charge is 0.251 e. The SMILES string of the molecule is COc1cc(C(=O)NC2CN(C)C2)ccc1Nc1nc(O[C@H]2CCCC([C@H](C)O)C2)c2c(-c3ccc4nc(C)oc4c3)c[nH]c2n1. The molecule has 240 valence electrons. The molecule has 7 rings (SSSR count). The van der Waals surface area contributed by atoms with Crippen LogP contribution in [0.5, 0.6) is 11.6 Å². The Labute approximate surface area is 266 Å². The van der Waals surface area contributed by atoms with Gasteiger partial charge in [0.15, 0.2) is 11.5 Å². The molecule has 2 aliphatic rings. The number of likely N-dealkylation sites (N-methyl/N-ethyl adjacent to an activating group) is 1. The molecule has 1 saturated carbocycles. The van der Waals surface area contributed by atoms with E-state index in [0.717, 1.165) is 60.8 Å². The maximum absolute atomic E-state index is 12.9. The summed E-state index contributed by atoms with van der Waals surface area (Å²) in [6.45, 7) is 5.35. The molecule has 1 aliphatic carbocycles. The molecule has 12 nitrogen and oxygen atoms in total. The van der Waals surface area contributed by atoms with Crippen molar-refractivity contribution >= 4 is 39.7 Å². The van der Waals surface area contributed by atoms with Gasteiger partial charge in [-0.3, -0.25) is 4.79 Å². The van der Waals surface area contributed by atoms with Gasteiger partial charge in [-0.1, -0.05) is 6.07 Å². The molecule has 3 aromatic heterocycles. The molecular weight excluding hydrogens is 586 g/mol. The van der Waals surface area contributed by atoms with Crippen molar-refractivity contribution in [2.75, 3.05) is 32.6 Å². The molecule has 5 aromatic rings. The number of aromatic amines is 1. The van der Waals surface area contributed by atoms with Gasteiger partial charge in [0, 0.05) is 37.3 Å². The van der Waals surface area contributed by atoms with Crippen LogP contribution in [0.2, 0.25) is 0 Å². The summed E-state index contributed by atoms with van der Waals surface area (Å²) in [5.74, 6) is 1.87. The third-order valence-corrected chi connectivity index (χ3v) is 9.04. The number of fused-ring (bicyclic) bond motifs is 2. The van der Waals surface area contributed by atoms with Crippen LogP contribution in [0, 0.1) is 12.8 Å². The van der Waals surface area contributed by atoms with Crippen LogP contribution in [0.25, 0.3) is 33.3 Å². The first-order valence-electron chi connectivity index (χ1n) is 15.8. The number of aliphatic hydroxyl groups excluding tert-OH is 1. The molecule has 0 spiro atoms. The Hall–Kier alpha value is -4.68. The number of aromatic nitrogens is 4. The third-order valence-electron chi connectivity index (χ3n) is 9.04. The monoisotopic (exact) mass is 625 g/mol. The summed E-state index contributed by atoms with van der Waals surface area (Å²) in [6, 6.07) is 11.3. The van der Waals surface area contributed by atoms with E-state index in [9.17, 15) is 9.90 Å². The number of anilines is 2. The molecule has 4 N–H and O–H groups in total. The Kier molecular flexibility index (Phi) is 7.99. The number of carbonyl (C=O) groups is 1. The number of ether oxygens (including phenoxy) is 2. The van der Waals surface area contributed by atoms with E-state index in [4.69, 9.17) is 23.9 Å². The molecule has 46 heavy (non-hydrogen) atoms. The predicted molar refractivity (Wildman–Crippen MR) is 175 cm³/mol. The van der Waals surface area contributed by atoms with Crippen molar-refractivity contribution in [1.82, 2.24) is 30.2 Å². The number of oxazole rings is 1. The fourth-order valence-electron chi connectivity index (χ4n) is 6.58. The van der Waals surface area contributed by atoms with Gasteiger partial charge < -0.3 is 39.5 Å². The number of aliphatic hydroxyl groups is 1. The number of rotatable bonds is 9. The first-order chi connectivity index (χ1) is 22.2. The van der Waals surface area contributed by atoms with Gasteiger partial charge in [0.2, 0.25) is 11.8 Å². The fourth-order valence-corrected chi connectivity index (χ4v) is 6.58. The van der Waals surface area contributed by atoms with E-state index in [1.165, 1.54) is 0 Å². The van der Waals surface area contributed by atoms with Crippen LogP contribution in [-0.2, 0) is 0 Å². The number of likely N-dealkylation sites (tertiary alicyclic amines) is 1. The summed E-state index contributed by atoms with van der Waals surface area (Å²) in [6.07, 6.45) is 4.94. The second-order valence-electron chi connectivity index (χ2n) is 12.5. The standard InChI is InChI=1S/C34H39N7O5/c1-18(42)20-6-5-7-24(12-20)46-33-30-25(21-8-10-27-29(13-21)45-19(2)36-27)15-35-31(30)39-34(40-33)38-26-11-9-22(14-28(26)44-4)32(43)37-23-16-41(3)17-23/h8-11,13-15,18,20,23-24,42H,5-7,12,16-17H2,1-4H3,(H,37,43)(H2,35,38,39,40)/t18-,20?,24-/m0/s1. The van der Waals surface area contributed by atoms with Gasteiger partial charge in [0.05, 0.1) is 30.3 Å². The fraction of sp³-hybridized carbons (Fsp3) is 0.412. The minimum atomic E-state index is -0.401. The van der Waals surface area contributed by atoms with Gasteiger partial charge in [0.25, 0.3) is 5.91 Å². The van der Waals surface area contributed by atoms with E-state index >= 15 is 0 Å². The van der Waals surface area contributed by atoms with Crippen LogP contribution >= 0.6 is 0 Å². The number of nitrogens with one attached hydrogen (secondary N) is 3. The van der Waals surface area contributed by atoms with Crippen molar-refractivity contribution in [3.63, 3.8) is 0 Å². The lowest BCUT2D eigenvalue weighted by atomic mass is 9.84. The lowest BCUT2D eigenvalue weighted by molar-refractivity contribution is 0.0484. The molecular formula is C34H39N7O5. The van der Waals surface area contributed by atoms with Crippen molar-refractivity contribution < 1.29 is 23.8 Å². The van der Waals surface area contributed by atoms with E-state index in [1.54, 1.807) is 25.3 Å². The maximum atomic E-state index is 12.9. The normalized spacial score (nSPS) is 19.6. The highest BCUT2D eigenvalue weighted by molar-refractivity contribution is 5.99. The van der Waals surface area contributed by atoms with Gasteiger partial charge in [-0.15, -0.1) is 0 Å². The Morgan fingerprint density at radius 2 is 2.00 bits per heavy atom. The zero-order valence-electron chi connectivity index (χ0n) is 26.5. The first kappa shape index (κ1) is 30.0. The molecule has 4 heterocycles. The molecule has 1 aliphatic heterocycles. The van der Waals surface area contributed by atoms with E-state index in [2.05, 4.69) is 25.5 Å². The molecule has 3 atom stereocenters. The molecule has 0 radical (unpaired) electrons. The molecule has 1 unspecified atom stereocenters. The van der Waals surface area contributed by atoms with E-state index in [-0.39, 0.29) is 24.0 Å². The van der Waals surface area contributed by atoms with Gasteiger partial charge in [-0.25, -0.2) is 4.98 Å². The van der Waals surface area contributed by atoms with Gasteiger partial charge in [0.1, 0.15) is 23.0 Å². The number of aryl methyl sites for hydroxylation is 1. The van der Waals surface area contributed by atoms with E-state index in [0.29, 0.717) is 45.9 Å². The van der Waals surface area contributed by atoms with Crippen molar-refractivity contribution in [3.8, 4) is 22.8 Å². The summed E-state index contributed by atoms with van der Waals surface area (Å²) < 4.78 is 18.1. The van der Waals surface area contributed by atoms with Crippen LogP contribution in [0.1, 0.15) is 48.9 Å². The predicted octanol–water partition coefficient (Wildman–Crippen LogP) is 5.19. The van der Waals surface area contributed by atoms with Gasteiger partial charge >= 0.3 is 0 Å². The number of H-pyrrole nitrogens is 1. The molecule has 2 fully saturated rings. The molecule has 2 aromatic carbocycles. The number of amides is 1. The lowest BCUT2D eigenvalue weighted by Gasteiger charge is -2.36. The van der Waals surface area contributed by atoms with Crippen molar-refractivity contribution in [2.45, 2.75) is 57.8 Å². The third kappa shape index (κ3) is 5.97. The van der Waals surface area contributed by atoms with Crippen molar-refractivity contribution in [3.05, 3.63) is 54.0 Å². The number of hydrogen-bond donors (Lipinski definition) is 4. The topological polar surface area (TPSA) is 151 Å². The van der Waals surface area contributed by atoms with Crippen LogP contribution in [0.15, 0.2) is 47.0 Å². The minimum absolute atomic E-state index is 0.107. The number of benzene rings is 2. The van der Waals surface area contributed by atoms with Gasteiger partial charge in [-0.05, 0) is 81.5 Å². The van der Waals surface area contributed by atoms with Crippen LogP contribution in [-0.4, -0.2) is 81.3 Å². The lowest BCUT2D eigenvalue weighted by Crippen LogP contribution is -2.57. The molecule has 1 amide bonds. The number of methoxy groups -OCH3 is 1. The summed E-state index contributed by atoms with van der Waals surface area (Å²) >= 11 is 0. The number of nitrogens with zero attached hydrogens (tertiary/aromatic N) is 4. The van der Waals surface area contributed by atoms with Crippen molar-refractivity contribution in [2.24, 2.45) is 5.92 Å². The number of carbonyl (C=O) groups excluding carboxylic acids is 1. The van der Waals surface area contributed by atoms with Crippen LogP contribution < -0.4 is 20.1 Å². The second-order valence-corrected chi connectivity index (χ2v) is 12.5. The van der Waals surface area contributed by atoms with Crippen molar-refractivity contribution in [1.29, 1.82) is 0 Å². The molecule has 1 saturated heterocycles. The van der Waals surface area contributed by atoms with Gasteiger partial charge in [-0.2, -0.15) is 9.97 Å². The average Bonchev–Trinajstić information content (AvgIpc) is 3.63. The zero-order valence-corrected chi connectivity index (χ0v) is 26.5. The molecule has 12 heteroatoms. The van der Waals surface area contributed by atoms with E-state index in [1.807, 2.05) is 45.3 Å². The highest BCUT2D eigenvalue weighted by Gasteiger charge is 2.29. The highest BCUT2D eigenvalue weighted by Crippen LogP contribution is 2.39. The van der Waals surface area contributed by atoms with Crippen LogP contribution in [0.3, 0.4) is 0 Å². The Bertz CT molecular complexity index is 1890. The molecule has 0 bridgehead atoms. The van der Waals surface area contributed by atoms with E-state index < -0.39 is 6.10 Å². The Morgan fingerprint density at radius 1 is 1.15 bits per heavy atom. The second kappa shape index (κ2) is 12.3. The number of hydrogen-bond acceptors (Lipinski definition) is 10. The summed E-state index contributed by atoms with van der Waals surface area (Å²) in [4.78, 5) is 32.4. The largest absolute Gasteiger partial charge is 0.495 e. The Morgan fingerprint density at radius 3 is 2.78 bits per heavy atom. The first-order valence-corrected chi connectivity index (χ1v) is 15.8.